The van der Waals surface area contributed by atoms with E-state index in [0.717, 1.165) is 0 Å². The van der Waals surface area contributed by atoms with Crippen LogP contribution in [0.3, 0.4) is 0 Å². The van der Waals surface area contributed by atoms with Crippen LogP contribution in [0.25, 0.3) is 9.75 Å². The second kappa shape index (κ2) is 17.7. The molecule has 0 aliphatic rings. The molecule has 0 fully saturated rings. The average molecular weight is 605 g/mol. The van der Waals surface area contributed by atoms with Crippen LogP contribution in [0.2, 0.25) is 0 Å². The van der Waals surface area contributed by atoms with Crippen molar-refractivity contribution in [3.8, 4) is 9.75 Å². The van der Waals surface area contributed by atoms with Gasteiger partial charge in [-0.2, -0.15) is 0 Å². The lowest BCUT2D eigenvalue weighted by Crippen LogP contribution is -1.90. The summed E-state index contributed by atoms with van der Waals surface area (Å²) >= 11 is 11.4. The summed E-state index contributed by atoms with van der Waals surface area (Å²) < 4.78 is 2.56. The highest BCUT2D eigenvalue weighted by atomic mass is 79.9. The van der Waals surface area contributed by atoms with Gasteiger partial charge in [-0.3, -0.25) is 0 Å². The van der Waals surface area contributed by atoms with Crippen LogP contribution in [0.5, 0.6) is 0 Å². The molecule has 0 aromatic carbocycles. The first-order chi connectivity index (χ1) is 15.7. The molecule has 2 rings (SSSR count). The van der Waals surface area contributed by atoms with E-state index in [0.29, 0.717) is 0 Å². The van der Waals surface area contributed by atoms with Crippen molar-refractivity contribution in [2.75, 3.05) is 0 Å². The third-order valence-corrected chi connectivity index (χ3v) is 9.89. The maximum atomic E-state index is 3.78. The molecule has 0 aliphatic carbocycles. The van der Waals surface area contributed by atoms with Gasteiger partial charge in [-0.1, -0.05) is 104 Å². The number of hydrogen-bond donors (Lipinski definition) is 0. The van der Waals surface area contributed by atoms with Gasteiger partial charge in [0.15, 0.2) is 0 Å². The minimum atomic E-state index is 1.22. The summed E-state index contributed by atoms with van der Waals surface area (Å²) in [5.41, 5.74) is 3.11. The molecule has 182 valence electrons. The van der Waals surface area contributed by atoms with Gasteiger partial charge in [0.2, 0.25) is 0 Å². The lowest BCUT2D eigenvalue weighted by atomic mass is 10.0. The van der Waals surface area contributed by atoms with Gasteiger partial charge in [-0.05, 0) is 80.8 Å². The molecular formula is C28H44Br2S2. The van der Waals surface area contributed by atoms with Crippen LogP contribution in [0.1, 0.15) is 128 Å². The van der Waals surface area contributed by atoms with Crippen LogP contribution in [-0.4, -0.2) is 0 Å². The topological polar surface area (TPSA) is 0 Å². The molecule has 0 spiro atoms. The second-order valence-electron chi connectivity index (χ2n) is 9.26. The zero-order valence-electron chi connectivity index (χ0n) is 20.5. The van der Waals surface area contributed by atoms with Gasteiger partial charge in [0, 0.05) is 9.75 Å². The van der Waals surface area contributed by atoms with Crippen LogP contribution in [0.15, 0.2) is 19.7 Å². The molecule has 4 heteroatoms. The molecular weight excluding hydrogens is 560 g/mol. The zero-order valence-corrected chi connectivity index (χ0v) is 25.3. The predicted molar refractivity (Wildman–Crippen MR) is 156 cm³/mol. The summed E-state index contributed by atoms with van der Waals surface area (Å²) in [7, 11) is 0. The largest absolute Gasteiger partial charge is 0.127 e. The molecule has 0 radical (unpaired) electrons. The fourth-order valence-corrected chi connectivity index (χ4v) is 8.04. The van der Waals surface area contributed by atoms with Gasteiger partial charge in [-0.25, -0.2) is 0 Å². The number of halogens is 2. The maximum absolute atomic E-state index is 3.78. The number of unbranched alkanes of at least 4 members (excludes halogenated alkanes) is 14. The van der Waals surface area contributed by atoms with E-state index in [1.165, 1.54) is 133 Å². The first-order valence-corrected chi connectivity index (χ1v) is 16.4. The lowest BCUT2D eigenvalue weighted by Gasteiger charge is -2.07. The molecule has 32 heavy (non-hydrogen) atoms. The number of hydrogen-bond acceptors (Lipinski definition) is 2. The highest BCUT2D eigenvalue weighted by Crippen LogP contribution is 2.44. The van der Waals surface area contributed by atoms with E-state index in [2.05, 4.69) is 57.8 Å². The predicted octanol–water partition coefficient (Wildman–Crippen LogP) is 12.4. The Labute approximate surface area is 223 Å². The molecule has 2 aromatic rings. The third kappa shape index (κ3) is 11.2. The van der Waals surface area contributed by atoms with Gasteiger partial charge >= 0.3 is 0 Å². The van der Waals surface area contributed by atoms with Gasteiger partial charge < -0.3 is 0 Å². The van der Waals surface area contributed by atoms with Gasteiger partial charge in [0.05, 0.1) is 7.57 Å². The Morgan fingerprint density at radius 1 is 0.500 bits per heavy atom. The van der Waals surface area contributed by atoms with E-state index in [1.54, 1.807) is 11.1 Å². The van der Waals surface area contributed by atoms with Crippen molar-refractivity contribution in [1.82, 2.24) is 0 Å². The zero-order chi connectivity index (χ0) is 23.0. The normalized spacial score (nSPS) is 11.5. The average Bonchev–Trinajstić information content (AvgIpc) is 3.33. The standard InChI is InChI=1S/C28H44Br2S2/c1-3-5-7-9-11-13-15-17-19-23-21-25(29)31-27(23)28-24(22-26(30)32-28)20-18-16-14-12-10-8-6-4-2/h21-22H,3-20H2,1-2H3. The van der Waals surface area contributed by atoms with Gasteiger partial charge in [-0.15, -0.1) is 22.7 Å². The minimum Gasteiger partial charge on any atom is -0.127 e. The smallest absolute Gasteiger partial charge is 0.0708 e. The first-order valence-electron chi connectivity index (χ1n) is 13.2. The summed E-state index contributed by atoms with van der Waals surface area (Å²) in [6, 6.07) is 4.77. The molecule has 0 unspecified atom stereocenters. The Hall–Kier alpha value is 0.360. The van der Waals surface area contributed by atoms with E-state index in [-0.39, 0.29) is 0 Å². The quantitative estimate of drug-likeness (QED) is 0.140. The van der Waals surface area contributed by atoms with Gasteiger partial charge in [0.25, 0.3) is 0 Å². The number of rotatable bonds is 19. The number of thiophene rings is 2. The fourth-order valence-electron chi connectivity index (χ4n) is 4.44. The highest BCUT2D eigenvalue weighted by molar-refractivity contribution is 9.11. The molecule has 0 bridgehead atoms. The van der Waals surface area contributed by atoms with Crippen molar-refractivity contribution in [2.45, 2.75) is 129 Å². The summed E-state index contributed by atoms with van der Waals surface area (Å²) in [6.07, 6.45) is 24.7. The molecule has 0 saturated heterocycles. The van der Waals surface area contributed by atoms with E-state index in [9.17, 15) is 0 Å². The Morgan fingerprint density at radius 3 is 1.16 bits per heavy atom. The van der Waals surface area contributed by atoms with Gasteiger partial charge in [0.1, 0.15) is 0 Å². The van der Waals surface area contributed by atoms with Crippen molar-refractivity contribution >= 4 is 54.5 Å². The summed E-state index contributed by atoms with van der Waals surface area (Å²) in [6.45, 7) is 4.59. The Kier molecular flexibility index (Phi) is 15.9. The Bertz CT molecular complexity index is 670. The van der Waals surface area contributed by atoms with Crippen LogP contribution in [0, 0.1) is 0 Å². The van der Waals surface area contributed by atoms with Crippen LogP contribution < -0.4 is 0 Å². The van der Waals surface area contributed by atoms with Crippen LogP contribution in [-0.2, 0) is 12.8 Å². The molecule has 0 saturated carbocycles. The van der Waals surface area contributed by atoms with Crippen molar-refractivity contribution < 1.29 is 0 Å². The first kappa shape index (κ1) is 28.6. The SMILES string of the molecule is CCCCCCCCCCc1cc(Br)sc1-c1sc(Br)cc1CCCCCCCCCC. The van der Waals surface area contributed by atoms with Crippen molar-refractivity contribution in [2.24, 2.45) is 0 Å². The third-order valence-electron chi connectivity index (χ3n) is 6.36. The van der Waals surface area contributed by atoms with Crippen LogP contribution in [0.4, 0.5) is 0 Å². The second-order valence-corrected chi connectivity index (χ2v) is 14.1. The van der Waals surface area contributed by atoms with E-state index in [4.69, 9.17) is 0 Å². The summed E-state index contributed by atoms with van der Waals surface area (Å²) in [5.74, 6) is 0. The Balaban J connectivity index is 1.81. The number of aryl methyl sites for hydroxylation is 2. The monoisotopic (exact) mass is 602 g/mol. The van der Waals surface area contributed by atoms with E-state index < -0.39 is 0 Å². The van der Waals surface area contributed by atoms with Crippen LogP contribution >= 0.6 is 54.5 Å². The maximum Gasteiger partial charge on any atom is 0.0708 e. The fraction of sp³-hybridized carbons (Fsp3) is 0.714. The summed E-state index contributed by atoms with van der Waals surface area (Å²) in [4.78, 5) is 3.04. The summed E-state index contributed by atoms with van der Waals surface area (Å²) in [5, 5.41) is 0. The van der Waals surface area contributed by atoms with E-state index >= 15 is 0 Å². The molecule has 0 N–H and O–H groups in total. The molecule has 0 aliphatic heterocycles. The van der Waals surface area contributed by atoms with Crippen molar-refractivity contribution in [3.05, 3.63) is 30.8 Å². The Morgan fingerprint density at radius 2 is 0.812 bits per heavy atom. The molecule has 2 heterocycles. The molecule has 0 amide bonds. The minimum absolute atomic E-state index is 1.22. The van der Waals surface area contributed by atoms with Crippen molar-refractivity contribution in [3.63, 3.8) is 0 Å². The lowest BCUT2D eigenvalue weighted by molar-refractivity contribution is 0.575. The van der Waals surface area contributed by atoms with E-state index in [1.807, 2.05) is 22.7 Å². The molecule has 0 nitrogen and oxygen atoms in total. The molecule has 0 atom stereocenters. The highest BCUT2D eigenvalue weighted by Gasteiger charge is 2.16. The molecule has 2 aromatic heterocycles. The van der Waals surface area contributed by atoms with Crippen molar-refractivity contribution in [1.29, 1.82) is 0 Å².